The monoisotopic (exact) mass is 1400 g/mol. The Hall–Kier alpha value is -8.00. The first-order valence-electron chi connectivity index (χ1n) is 35.2. The van der Waals surface area contributed by atoms with Gasteiger partial charge in [-0.1, -0.05) is 136 Å². The van der Waals surface area contributed by atoms with E-state index in [4.69, 9.17) is 4.74 Å². The summed E-state index contributed by atoms with van der Waals surface area (Å²) in [5.41, 5.74) is 0.639. The molecule has 0 radical (unpaired) electrons. The van der Waals surface area contributed by atoms with Crippen LogP contribution >= 0.6 is 0 Å². The normalized spacial score (nSPS) is 15.5. The van der Waals surface area contributed by atoms with Crippen LogP contribution in [0.1, 0.15) is 161 Å². The maximum atomic E-state index is 15.0. The molecule has 2 rings (SSSR count). The molecule has 26 heteroatoms. The van der Waals surface area contributed by atoms with Crippen LogP contribution in [0.25, 0.3) is 0 Å². The van der Waals surface area contributed by atoms with Gasteiger partial charge in [-0.3, -0.25) is 57.5 Å². The van der Waals surface area contributed by atoms with Crippen LogP contribution in [0.15, 0.2) is 60.7 Å². The van der Waals surface area contributed by atoms with Crippen LogP contribution in [0.4, 0.5) is 0 Å². The highest BCUT2D eigenvalue weighted by Gasteiger charge is 2.43. The van der Waals surface area contributed by atoms with E-state index in [9.17, 15) is 57.8 Å². The van der Waals surface area contributed by atoms with Crippen LogP contribution < -0.4 is 31.9 Å². The molecule has 26 nitrogen and oxygen atoms in total. The van der Waals surface area contributed by atoms with Gasteiger partial charge in [0.25, 0.3) is 0 Å². The second-order valence-electron chi connectivity index (χ2n) is 29.6. The van der Waals surface area contributed by atoms with E-state index in [2.05, 4.69) is 31.9 Å². The molecule has 562 valence electrons. The van der Waals surface area contributed by atoms with Crippen molar-refractivity contribution < 1.29 is 67.4 Å². The van der Waals surface area contributed by atoms with Gasteiger partial charge < -0.3 is 71.1 Å². The van der Waals surface area contributed by atoms with Crippen molar-refractivity contribution >= 4 is 71.4 Å². The van der Waals surface area contributed by atoms with Crippen LogP contribution in [-0.2, 0) is 75.1 Å². The number of rotatable bonds is 41. The van der Waals surface area contributed by atoms with E-state index in [0.717, 1.165) is 12.0 Å². The summed E-state index contributed by atoms with van der Waals surface area (Å²) in [6, 6.07) is 4.56. The molecule has 0 saturated heterocycles. The molecule has 1 unspecified atom stereocenters. The Morgan fingerprint density at radius 1 is 0.470 bits per heavy atom. The van der Waals surface area contributed by atoms with Gasteiger partial charge >= 0.3 is 0 Å². The van der Waals surface area contributed by atoms with Crippen molar-refractivity contribution in [2.24, 2.45) is 29.6 Å². The molecular formula is C74H122N12O14. The van der Waals surface area contributed by atoms with Crippen molar-refractivity contribution in [1.29, 1.82) is 0 Å². The van der Waals surface area contributed by atoms with E-state index in [1.165, 1.54) is 99.4 Å². The van der Waals surface area contributed by atoms with Crippen molar-refractivity contribution in [3.63, 3.8) is 0 Å². The predicted molar refractivity (Wildman–Crippen MR) is 385 cm³/mol. The van der Waals surface area contributed by atoms with E-state index in [1.54, 1.807) is 58.0 Å². The predicted octanol–water partition coefficient (Wildman–Crippen LogP) is 4.09. The van der Waals surface area contributed by atoms with Crippen molar-refractivity contribution in [3.05, 3.63) is 71.8 Å². The lowest BCUT2D eigenvalue weighted by atomic mass is 9.94. The lowest BCUT2D eigenvalue weighted by Gasteiger charge is -2.39. The van der Waals surface area contributed by atoms with Crippen LogP contribution in [0.3, 0.4) is 0 Å². The Bertz CT molecular complexity index is 3000. The number of hydrogen-bond acceptors (Lipinski definition) is 14. The van der Waals surface area contributed by atoms with Crippen molar-refractivity contribution in [3.8, 4) is 0 Å². The molecule has 0 spiro atoms. The molecule has 2 aromatic carbocycles. The Labute approximate surface area is 595 Å². The highest BCUT2D eigenvalue weighted by atomic mass is 16.5. The van der Waals surface area contributed by atoms with Gasteiger partial charge in [-0.25, -0.2) is 0 Å². The largest absolute Gasteiger partial charge is 0.391 e. The Morgan fingerprint density at radius 2 is 0.920 bits per heavy atom. The number of likely N-dealkylation sites (N-methyl/N-ethyl adjacent to an activating group) is 6. The molecule has 0 aliphatic heterocycles. The number of carbonyl (C=O) groups excluding carboxylic acids is 12. The zero-order chi connectivity index (χ0) is 76.4. The van der Waals surface area contributed by atoms with Crippen LogP contribution in [-0.4, -0.2) is 239 Å². The van der Waals surface area contributed by atoms with Gasteiger partial charge in [0.05, 0.1) is 18.3 Å². The molecule has 0 fully saturated rings. The third kappa shape index (κ3) is 27.8. The lowest BCUT2D eigenvalue weighted by Crippen LogP contribution is -2.62. The summed E-state index contributed by atoms with van der Waals surface area (Å²) in [4.78, 5) is 178. The number of benzene rings is 2. The molecule has 0 saturated carbocycles. The van der Waals surface area contributed by atoms with Gasteiger partial charge in [0.1, 0.15) is 66.5 Å². The van der Waals surface area contributed by atoms with Crippen LogP contribution in [0.5, 0.6) is 0 Å². The smallest absolute Gasteiger partial charge is 0.246 e. The lowest BCUT2D eigenvalue weighted by molar-refractivity contribution is -0.153. The van der Waals surface area contributed by atoms with E-state index in [0.29, 0.717) is 30.9 Å². The Kier molecular flexibility index (Phi) is 36.7. The molecule has 0 aliphatic carbocycles. The summed E-state index contributed by atoms with van der Waals surface area (Å²) < 4.78 is 6.09. The molecule has 13 atom stereocenters. The SMILES string of the molecule is CCC(C)[C@@H](C(=O)N(C)[C@@H](C)C(=O)N(C)[C@@H](CC(C)C)C(=O)N[C@@H](COC(C)(C)C)C(=O)N[C@@H](CC(C)C)C(=O)N[C@@H](C)C(=O)N(C)[C@@H](C)C(=O)N(C)[C@@H](Cc1ccccc1)C(=O)NCCC(C)C)N(C)C(=O)[C@H](Cc1ccccc1)NC(=O)[C@@H](NC(=O)[C@H](CC(C)C)N(C)C=O)[C@@H](C)O. The third-order valence-corrected chi connectivity index (χ3v) is 18.0. The first kappa shape index (κ1) is 88.1. The Morgan fingerprint density at radius 3 is 1.39 bits per heavy atom. The van der Waals surface area contributed by atoms with Crippen LogP contribution in [0, 0.1) is 29.6 Å². The van der Waals surface area contributed by atoms with Gasteiger partial charge in [-0.05, 0) is 115 Å². The second-order valence-corrected chi connectivity index (χ2v) is 29.6. The van der Waals surface area contributed by atoms with Gasteiger partial charge in [-0.15, -0.1) is 0 Å². The molecule has 0 aromatic heterocycles. The summed E-state index contributed by atoms with van der Waals surface area (Å²) in [6.07, 6.45) is 0.740. The summed E-state index contributed by atoms with van der Waals surface area (Å²) >= 11 is 0. The van der Waals surface area contributed by atoms with E-state index < -0.39 is 143 Å². The number of nitrogens with zero attached hydrogens (tertiary/aromatic N) is 6. The number of aliphatic hydroxyl groups is 1. The van der Waals surface area contributed by atoms with Gasteiger partial charge in [0, 0.05) is 61.7 Å². The zero-order valence-corrected chi connectivity index (χ0v) is 64.0. The summed E-state index contributed by atoms with van der Waals surface area (Å²) in [6.45, 7) is 29.8. The van der Waals surface area contributed by atoms with E-state index in [1.807, 2.05) is 92.6 Å². The van der Waals surface area contributed by atoms with E-state index in [-0.39, 0.29) is 62.4 Å². The second kappa shape index (κ2) is 41.7. The number of carbonyl (C=O) groups is 12. The minimum atomic E-state index is -1.57. The number of hydrogen-bond donors (Lipinski definition) is 7. The van der Waals surface area contributed by atoms with Crippen molar-refractivity contribution in [1.82, 2.24) is 61.3 Å². The first-order chi connectivity index (χ1) is 46.5. The average molecular weight is 1400 g/mol. The highest BCUT2D eigenvalue weighted by Crippen LogP contribution is 2.23. The number of aliphatic hydroxyl groups excluding tert-OH is 1. The molecule has 0 aliphatic rings. The third-order valence-electron chi connectivity index (χ3n) is 18.0. The quantitative estimate of drug-likeness (QED) is 0.0462. The zero-order valence-electron chi connectivity index (χ0n) is 64.0. The molecule has 0 heterocycles. The summed E-state index contributed by atoms with van der Waals surface area (Å²) in [5, 5.41) is 27.5. The molecule has 2 aromatic rings. The number of nitrogens with one attached hydrogen (secondary N) is 6. The van der Waals surface area contributed by atoms with E-state index >= 15 is 4.79 Å². The fraction of sp³-hybridized carbons (Fsp3) is 0.676. The summed E-state index contributed by atoms with van der Waals surface area (Å²) in [7, 11) is 8.61. The fourth-order valence-corrected chi connectivity index (χ4v) is 11.3. The molecule has 7 N–H and O–H groups in total. The van der Waals surface area contributed by atoms with Crippen molar-refractivity contribution in [2.45, 2.75) is 241 Å². The summed E-state index contributed by atoms with van der Waals surface area (Å²) in [5.74, 6) is -7.98. The molecule has 0 bridgehead atoms. The number of amides is 12. The minimum absolute atomic E-state index is 0.0254. The highest BCUT2D eigenvalue weighted by molar-refractivity contribution is 5.99. The van der Waals surface area contributed by atoms with Gasteiger partial charge in [0.15, 0.2) is 0 Å². The molecule has 100 heavy (non-hydrogen) atoms. The van der Waals surface area contributed by atoms with Gasteiger partial charge in [-0.2, -0.15) is 0 Å². The maximum Gasteiger partial charge on any atom is 0.246 e. The maximum absolute atomic E-state index is 15.0. The fourth-order valence-electron chi connectivity index (χ4n) is 11.3. The average Bonchev–Trinajstić information content (AvgIpc) is 0.811. The Balaban J connectivity index is 2.49. The minimum Gasteiger partial charge on any atom is -0.391 e. The van der Waals surface area contributed by atoms with Gasteiger partial charge in [0.2, 0.25) is 71.4 Å². The standard InChI is InChI=1S/C74H122N12O14/c1-24-48(10)62(86(23)72(98)56(40-53-31-27-25-28-32-53)78-68(94)61(52(14)88)80-66(92)58(38-46(6)7)81(18)43-87)73(99)83(20)51(13)71(97)84(21)59(39-47(8)9)67(93)79-57(42-100-74(15,16)17)64(90)77-55(37-45(4)5)63(89)76-49(11)69(95)82(19)50(12)70(96)85(22)60(41-54-33-29-26-30-34-54)65(91)75-36-35-44(2)3/h25-34,43-52,55-62,88H,24,35-42H2,1-23H3,(H,75,91)(H,76,89)(H,77,90)(H,78,94)(H,79,93)(H,80,92)/t48?,49-,50-,51-,52+,55-,56-,57-,58-,59-,60-,61-,62-/m0/s1. The van der Waals surface area contributed by atoms with Crippen molar-refractivity contribution in [2.75, 3.05) is 55.4 Å². The number of ether oxygens (including phenoxy) is 1. The molecular weight excluding hydrogens is 1280 g/mol. The molecule has 12 amide bonds. The first-order valence-corrected chi connectivity index (χ1v) is 35.2. The van der Waals surface area contributed by atoms with Crippen LogP contribution in [0.2, 0.25) is 0 Å². The topological polar surface area (TPSA) is 326 Å².